The first kappa shape index (κ1) is 22.5. The molecule has 11 nitrogen and oxygen atoms in total. The molecule has 178 valence electrons. The molecule has 0 aliphatic heterocycles. The molecule has 0 aliphatic rings. The van der Waals surface area contributed by atoms with E-state index in [1.807, 2.05) is 0 Å². The van der Waals surface area contributed by atoms with Crippen LogP contribution < -0.4 is 10.6 Å². The Hall–Kier alpha value is -5.33. The lowest BCUT2D eigenvalue weighted by Crippen LogP contribution is -2.14. The molecule has 0 unspecified atom stereocenters. The highest BCUT2D eigenvalue weighted by molar-refractivity contribution is 6.04. The predicted octanol–water partition coefficient (Wildman–Crippen LogP) is 4.60. The van der Waals surface area contributed by atoms with Crippen LogP contribution in [-0.2, 0) is 0 Å². The van der Waals surface area contributed by atoms with E-state index in [2.05, 4.69) is 35.6 Å². The molecule has 3 N–H and O–H groups in total. The van der Waals surface area contributed by atoms with Crippen molar-refractivity contribution in [3.8, 4) is 11.3 Å². The van der Waals surface area contributed by atoms with E-state index in [1.54, 1.807) is 12.1 Å². The van der Waals surface area contributed by atoms with Crippen molar-refractivity contribution in [1.29, 1.82) is 0 Å². The van der Waals surface area contributed by atoms with Crippen LogP contribution in [0.2, 0.25) is 0 Å². The Morgan fingerprint density at radius 2 is 1.81 bits per heavy atom. The lowest BCUT2D eigenvalue weighted by molar-refractivity contribution is -0.384. The standard InChI is InChI=1S/C23H14F2N8O3/c24-15-7-8-16(31-23(34)12-3-5-13(6-4-12)33(35)36)17(25)19(15)32-21-14(2-1-9-26-21)18-20-22(29-10-27-18)30-11-28-20/h1-11H,(H,26,32)(H,31,34)(H,27,28,29,30). The number of rotatable bonds is 6. The number of carbonyl (C=O) groups excluding carboxylic acids is 1. The summed E-state index contributed by atoms with van der Waals surface area (Å²) in [6, 6.07) is 10.1. The van der Waals surface area contributed by atoms with Crippen LogP contribution in [-0.4, -0.2) is 35.8 Å². The lowest BCUT2D eigenvalue weighted by atomic mass is 10.1. The van der Waals surface area contributed by atoms with Crippen LogP contribution in [0.1, 0.15) is 10.4 Å². The first-order valence-corrected chi connectivity index (χ1v) is 10.3. The van der Waals surface area contributed by atoms with Gasteiger partial charge in [-0.1, -0.05) is 0 Å². The average molecular weight is 488 g/mol. The Morgan fingerprint density at radius 3 is 2.58 bits per heavy atom. The lowest BCUT2D eigenvalue weighted by Gasteiger charge is -2.14. The van der Waals surface area contributed by atoms with E-state index in [0.29, 0.717) is 22.4 Å². The summed E-state index contributed by atoms with van der Waals surface area (Å²) < 4.78 is 30.0. The third-order valence-corrected chi connectivity index (χ3v) is 5.20. The number of halogens is 2. The number of fused-ring (bicyclic) bond motifs is 1. The van der Waals surface area contributed by atoms with Gasteiger partial charge in [0.2, 0.25) is 0 Å². The fourth-order valence-electron chi connectivity index (χ4n) is 3.47. The van der Waals surface area contributed by atoms with Gasteiger partial charge in [-0.2, -0.15) is 0 Å². The highest BCUT2D eigenvalue weighted by Crippen LogP contribution is 2.33. The molecule has 3 heterocycles. The Morgan fingerprint density at radius 1 is 1.00 bits per heavy atom. The number of nitrogens with zero attached hydrogens (tertiary/aromatic N) is 5. The predicted molar refractivity (Wildman–Crippen MR) is 126 cm³/mol. The van der Waals surface area contributed by atoms with Crippen molar-refractivity contribution >= 4 is 40.0 Å². The second-order valence-corrected chi connectivity index (χ2v) is 7.39. The van der Waals surface area contributed by atoms with Crippen molar-refractivity contribution in [2.45, 2.75) is 0 Å². The molecule has 0 fully saturated rings. The minimum Gasteiger partial charge on any atom is -0.335 e. The van der Waals surface area contributed by atoms with Gasteiger partial charge in [0, 0.05) is 29.5 Å². The summed E-state index contributed by atoms with van der Waals surface area (Å²) in [5, 5.41) is 15.8. The largest absolute Gasteiger partial charge is 0.335 e. The molecular formula is C23H14F2N8O3. The molecule has 0 radical (unpaired) electrons. The van der Waals surface area contributed by atoms with Crippen LogP contribution in [0.3, 0.4) is 0 Å². The van der Waals surface area contributed by atoms with Gasteiger partial charge in [0.1, 0.15) is 34.9 Å². The quantitative estimate of drug-likeness (QED) is 0.232. The Labute approximate surface area is 200 Å². The number of carbonyl (C=O) groups is 1. The number of amides is 1. The van der Waals surface area contributed by atoms with Gasteiger partial charge in [-0.05, 0) is 36.4 Å². The highest BCUT2D eigenvalue weighted by Gasteiger charge is 2.20. The zero-order valence-electron chi connectivity index (χ0n) is 18.1. The van der Waals surface area contributed by atoms with Gasteiger partial charge in [0.05, 0.1) is 16.9 Å². The highest BCUT2D eigenvalue weighted by atomic mass is 19.1. The normalized spacial score (nSPS) is 10.8. The molecule has 0 atom stereocenters. The Kier molecular flexibility index (Phi) is 5.70. The fourth-order valence-corrected chi connectivity index (χ4v) is 3.47. The van der Waals surface area contributed by atoms with Gasteiger partial charge >= 0.3 is 0 Å². The molecule has 0 bridgehead atoms. The Balaban J connectivity index is 1.47. The van der Waals surface area contributed by atoms with Crippen molar-refractivity contribution in [3.63, 3.8) is 0 Å². The average Bonchev–Trinajstić information content (AvgIpc) is 3.38. The van der Waals surface area contributed by atoms with Gasteiger partial charge in [0.25, 0.3) is 11.6 Å². The summed E-state index contributed by atoms with van der Waals surface area (Å²) in [6.45, 7) is 0. The molecule has 5 aromatic rings. The number of nitro benzene ring substituents is 1. The van der Waals surface area contributed by atoms with Crippen molar-refractivity contribution in [3.05, 3.63) is 94.7 Å². The third-order valence-electron chi connectivity index (χ3n) is 5.20. The second-order valence-electron chi connectivity index (χ2n) is 7.39. The van der Waals surface area contributed by atoms with Crippen molar-refractivity contribution < 1.29 is 18.5 Å². The number of aromatic nitrogens is 5. The molecule has 36 heavy (non-hydrogen) atoms. The van der Waals surface area contributed by atoms with Crippen LogP contribution in [0.15, 0.2) is 67.4 Å². The molecule has 0 saturated carbocycles. The number of hydrogen-bond acceptors (Lipinski definition) is 8. The van der Waals surface area contributed by atoms with Crippen LogP contribution in [0.5, 0.6) is 0 Å². The number of hydrogen-bond donors (Lipinski definition) is 3. The van der Waals surface area contributed by atoms with E-state index >= 15 is 4.39 Å². The van der Waals surface area contributed by atoms with Gasteiger partial charge in [0.15, 0.2) is 11.5 Å². The maximum Gasteiger partial charge on any atom is 0.269 e. The number of aromatic amines is 1. The number of benzene rings is 2. The fraction of sp³-hybridized carbons (Fsp3) is 0. The monoisotopic (exact) mass is 488 g/mol. The molecular weight excluding hydrogens is 474 g/mol. The zero-order valence-corrected chi connectivity index (χ0v) is 18.1. The van der Waals surface area contributed by atoms with E-state index in [0.717, 1.165) is 24.3 Å². The molecule has 5 rings (SSSR count). The Bertz CT molecular complexity index is 1620. The van der Waals surface area contributed by atoms with Gasteiger partial charge in [-0.15, -0.1) is 0 Å². The third kappa shape index (κ3) is 4.16. The molecule has 1 amide bonds. The first-order chi connectivity index (χ1) is 17.4. The molecule has 0 spiro atoms. The number of nitro groups is 1. The van der Waals surface area contributed by atoms with E-state index in [-0.39, 0.29) is 22.8 Å². The number of imidazole rings is 1. The van der Waals surface area contributed by atoms with Crippen molar-refractivity contribution in [2.75, 3.05) is 10.6 Å². The molecule has 2 aromatic carbocycles. The SMILES string of the molecule is O=C(Nc1ccc(F)c(Nc2ncccc2-c2ncnc3[nH]cnc23)c1F)c1ccc([N+](=O)[O-])cc1. The van der Waals surface area contributed by atoms with Crippen molar-refractivity contribution in [2.24, 2.45) is 0 Å². The summed E-state index contributed by atoms with van der Waals surface area (Å²) in [6.07, 6.45) is 4.20. The zero-order chi connectivity index (χ0) is 25.2. The van der Waals surface area contributed by atoms with E-state index in [4.69, 9.17) is 0 Å². The van der Waals surface area contributed by atoms with Crippen molar-refractivity contribution in [1.82, 2.24) is 24.9 Å². The second kappa shape index (κ2) is 9.13. The smallest absolute Gasteiger partial charge is 0.269 e. The molecule has 13 heteroatoms. The van der Waals surface area contributed by atoms with Gasteiger partial charge in [-0.25, -0.2) is 28.7 Å². The first-order valence-electron chi connectivity index (χ1n) is 10.3. The number of H-pyrrole nitrogens is 1. The van der Waals surface area contributed by atoms with Crippen LogP contribution >= 0.6 is 0 Å². The maximum absolute atomic E-state index is 15.3. The number of non-ortho nitro benzene ring substituents is 1. The summed E-state index contributed by atoms with van der Waals surface area (Å²) >= 11 is 0. The summed E-state index contributed by atoms with van der Waals surface area (Å²) in [7, 11) is 0. The van der Waals surface area contributed by atoms with E-state index in [1.165, 1.54) is 31.0 Å². The minimum atomic E-state index is -1.07. The minimum absolute atomic E-state index is 0.0534. The van der Waals surface area contributed by atoms with Crippen LogP contribution in [0, 0.1) is 21.7 Å². The van der Waals surface area contributed by atoms with Gasteiger partial charge < -0.3 is 15.6 Å². The van der Waals surface area contributed by atoms with Gasteiger partial charge in [-0.3, -0.25) is 14.9 Å². The van der Waals surface area contributed by atoms with Crippen LogP contribution in [0.25, 0.3) is 22.4 Å². The van der Waals surface area contributed by atoms with Crippen LogP contribution in [0.4, 0.5) is 31.7 Å². The summed E-state index contributed by atoms with van der Waals surface area (Å²) in [4.78, 5) is 42.3. The molecule has 0 saturated heterocycles. The number of anilines is 3. The summed E-state index contributed by atoms with van der Waals surface area (Å²) in [5.74, 6) is -2.64. The molecule has 0 aliphatic carbocycles. The van der Waals surface area contributed by atoms with E-state index < -0.39 is 28.2 Å². The maximum atomic E-state index is 15.3. The van der Waals surface area contributed by atoms with E-state index in [9.17, 15) is 19.3 Å². The summed E-state index contributed by atoms with van der Waals surface area (Å²) in [5.41, 5.74) is 0.712. The number of nitrogens with one attached hydrogen (secondary N) is 3. The molecule has 3 aromatic heterocycles. The number of pyridine rings is 1. The topological polar surface area (TPSA) is 152 Å².